The van der Waals surface area contributed by atoms with Gasteiger partial charge in [-0.15, -0.1) is 0 Å². The van der Waals surface area contributed by atoms with Crippen molar-refractivity contribution in [3.63, 3.8) is 0 Å². The molecule has 0 aliphatic carbocycles. The molecule has 0 saturated carbocycles. The van der Waals surface area contributed by atoms with Gasteiger partial charge in [0.05, 0.1) is 23.8 Å². The topological polar surface area (TPSA) is 32.6 Å². The quantitative estimate of drug-likeness (QED) is 0.672. The van der Waals surface area contributed by atoms with Gasteiger partial charge in [-0.1, -0.05) is 24.3 Å². The summed E-state index contributed by atoms with van der Waals surface area (Å²) in [5.41, 5.74) is 2.36. The van der Waals surface area contributed by atoms with E-state index in [4.69, 9.17) is 14.0 Å². The van der Waals surface area contributed by atoms with Crippen molar-refractivity contribution in [2.24, 2.45) is 0 Å². The maximum absolute atomic E-state index is 6.18. The van der Waals surface area contributed by atoms with Crippen molar-refractivity contribution in [2.45, 2.75) is 38.9 Å². The van der Waals surface area contributed by atoms with E-state index in [9.17, 15) is 0 Å². The van der Waals surface area contributed by atoms with Gasteiger partial charge in [0, 0.05) is 23.4 Å². The summed E-state index contributed by atoms with van der Waals surface area (Å²) in [5.74, 6) is 0.763. The number of para-hydroxylation sites is 1. The van der Waals surface area contributed by atoms with Gasteiger partial charge in [0.25, 0.3) is 0 Å². The Morgan fingerprint density at radius 1 is 0.923 bits per heavy atom. The molecular formula is C21H24BNO3. The second-order valence-corrected chi connectivity index (χ2v) is 7.76. The lowest BCUT2D eigenvalue weighted by molar-refractivity contribution is 0.00578. The first-order valence-corrected chi connectivity index (χ1v) is 8.92. The second-order valence-electron chi connectivity index (χ2n) is 7.76. The Hall–Kier alpha value is -2.24. The van der Waals surface area contributed by atoms with E-state index in [0.29, 0.717) is 0 Å². The van der Waals surface area contributed by atoms with Crippen molar-refractivity contribution in [2.75, 3.05) is 7.11 Å². The fraction of sp³-hybridized carbons (Fsp3) is 0.333. The van der Waals surface area contributed by atoms with Crippen molar-refractivity contribution in [1.82, 2.24) is 4.57 Å². The van der Waals surface area contributed by atoms with Gasteiger partial charge in [-0.25, -0.2) is 0 Å². The van der Waals surface area contributed by atoms with Crippen LogP contribution in [-0.2, 0) is 9.31 Å². The first-order valence-electron chi connectivity index (χ1n) is 8.92. The zero-order chi connectivity index (χ0) is 18.5. The molecule has 1 aliphatic rings. The minimum Gasteiger partial charge on any atom is -0.497 e. The molecule has 0 N–H and O–H groups in total. The van der Waals surface area contributed by atoms with Gasteiger partial charge in [0.1, 0.15) is 5.75 Å². The molecule has 5 heteroatoms. The largest absolute Gasteiger partial charge is 0.498 e. The van der Waals surface area contributed by atoms with Crippen molar-refractivity contribution in [1.29, 1.82) is 0 Å². The van der Waals surface area contributed by atoms with Crippen LogP contribution in [0.3, 0.4) is 0 Å². The highest BCUT2D eigenvalue weighted by molar-refractivity contribution is 6.63. The van der Waals surface area contributed by atoms with E-state index in [-0.39, 0.29) is 11.2 Å². The average Bonchev–Trinajstić information content (AvgIpc) is 3.12. The van der Waals surface area contributed by atoms with Crippen molar-refractivity contribution in [3.8, 4) is 11.4 Å². The van der Waals surface area contributed by atoms with Gasteiger partial charge in [-0.3, -0.25) is 0 Å². The fourth-order valence-electron chi connectivity index (χ4n) is 3.32. The summed E-state index contributed by atoms with van der Waals surface area (Å²) < 4.78 is 20.2. The maximum Gasteiger partial charge on any atom is 0.498 e. The number of methoxy groups -OCH3 is 1. The Morgan fingerprint density at radius 2 is 1.62 bits per heavy atom. The number of rotatable bonds is 3. The third-order valence-corrected chi connectivity index (χ3v) is 5.60. The first kappa shape index (κ1) is 17.2. The van der Waals surface area contributed by atoms with Crippen LogP contribution in [0.15, 0.2) is 54.7 Å². The van der Waals surface area contributed by atoms with E-state index in [2.05, 4.69) is 74.9 Å². The van der Waals surface area contributed by atoms with E-state index in [1.54, 1.807) is 7.11 Å². The molecule has 1 aliphatic heterocycles. The van der Waals surface area contributed by atoms with Crippen molar-refractivity contribution >= 4 is 23.5 Å². The number of ether oxygens (including phenoxy) is 1. The van der Waals surface area contributed by atoms with Crippen LogP contribution in [0.1, 0.15) is 27.7 Å². The lowest BCUT2D eigenvalue weighted by Gasteiger charge is -2.32. The van der Waals surface area contributed by atoms with Crippen LogP contribution in [0.2, 0.25) is 0 Å². The normalized spacial score (nSPS) is 18.4. The average molecular weight is 349 g/mol. The number of aromatic nitrogens is 1. The summed E-state index contributed by atoms with van der Waals surface area (Å²) >= 11 is 0. The van der Waals surface area contributed by atoms with Crippen molar-refractivity contribution in [3.05, 3.63) is 54.7 Å². The highest BCUT2D eigenvalue weighted by Gasteiger charge is 2.52. The fourth-order valence-corrected chi connectivity index (χ4v) is 3.32. The van der Waals surface area contributed by atoms with Crippen LogP contribution in [0, 0.1) is 0 Å². The molecule has 2 heterocycles. The predicted octanol–water partition coefficient (Wildman–Crippen LogP) is 3.94. The molecule has 1 fully saturated rings. The molecule has 4 rings (SSSR count). The third-order valence-electron chi connectivity index (χ3n) is 5.60. The number of fused-ring (bicyclic) bond motifs is 1. The summed E-state index contributed by atoms with van der Waals surface area (Å²) in [6.45, 7) is 8.22. The molecule has 0 atom stereocenters. The number of nitrogens with zero attached hydrogens (tertiary/aromatic N) is 1. The Balaban J connectivity index is 1.74. The van der Waals surface area contributed by atoms with Gasteiger partial charge in [0.15, 0.2) is 0 Å². The van der Waals surface area contributed by atoms with Crippen molar-refractivity contribution < 1.29 is 14.0 Å². The van der Waals surface area contributed by atoms with Gasteiger partial charge in [-0.05, 0) is 51.3 Å². The maximum atomic E-state index is 6.18. The van der Waals surface area contributed by atoms with E-state index in [0.717, 1.165) is 22.4 Å². The number of hydrogen-bond acceptors (Lipinski definition) is 3. The summed E-state index contributed by atoms with van der Waals surface area (Å²) in [6.07, 6.45) is 2.08. The lowest BCUT2D eigenvalue weighted by Crippen LogP contribution is -2.41. The minimum atomic E-state index is -0.439. The highest BCUT2D eigenvalue weighted by Crippen LogP contribution is 2.37. The lowest BCUT2D eigenvalue weighted by atomic mass is 9.78. The number of benzene rings is 2. The Kier molecular flexibility index (Phi) is 3.90. The van der Waals surface area contributed by atoms with Gasteiger partial charge in [-0.2, -0.15) is 0 Å². The van der Waals surface area contributed by atoms with Gasteiger partial charge < -0.3 is 18.6 Å². The van der Waals surface area contributed by atoms with Gasteiger partial charge in [0.2, 0.25) is 0 Å². The van der Waals surface area contributed by atoms with Crippen LogP contribution in [0.5, 0.6) is 5.75 Å². The van der Waals surface area contributed by atoms with Crippen LogP contribution < -0.4 is 10.2 Å². The molecule has 1 saturated heterocycles. The Labute approximate surface area is 154 Å². The zero-order valence-corrected chi connectivity index (χ0v) is 15.9. The SMILES string of the molecule is COc1cc(-n2ccc3ccccc32)ccc1B1OC(C)(C)C(C)(C)O1. The summed E-state index contributed by atoms with van der Waals surface area (Å²) in [4.78, 5) is 0. The molecule has 0 unspecified atom stereocenters. The van der Waals surface area contributed by atoms with Gasteiger partial charge >= 0.3 is 7.12 Å². The summed E-state index contributed by atoms with van der Waals surface area (Å²) in [7, 11) is 1.24. The minimum absolute atomic E-state index is 0.377. The molecular weight excluding hydrogens is 325 g/mol. The third kappa shape index (κ3) is 2.63. The molecule has 0 radical (unpaired) electrons. The second kappa shape index (κ2) is 5.90. The molecule has 0 bridgehead atoms. The Morgan fingerprint density at radius 3 is 2.31 bits per heavy atom. The van der Waals surface area contributed by atoms with Crippen LogP contribution in [0.25, 0.3) is 16.6 Å². The molecule has 0 spiro atoms. The molecule has 26 heavy (non-hydrogen) atoms. The highest BCUT2D eigenvalue weighted by atomic mass is 16.7. The standard InChI is InChI=1S/C21H24BNO3/c1-20(2)21(3,4)26-22(25-20)17-11-10-16(14-19(17)24-5)23-13-12-15-8-6-7-9-18(15)23/h6-14H,1-5H3. The summed E-state index contributed by atoms with van der Waals surface area (Å²) in [6, 6.07) is 16.6. The zero-order valence-electron chi connectivity index (χ0n) is 15.9. The molecule has 4 nitrogen and oxygen atoms in total. The molecule has 2 aromatic carbocycles. The number of hydrogen-bond donors (Lipinski definition) is 0. The summed E-state index contributed by atoms with van der Waals surface area (Å²) in [5, 5.41) is 1.21. The first-order chi connectivity index (χ1) is 12.3. The smallest absolute Gasteiger partial charge is 0.497 e. The monoisotopic (exact) mass is 349 g/mol. The molecule has 3 aromatic rings. The molecule has 1 aromatic heterocycles. The molecule has 0 amide bonds. The van der Waals surface area contributed by atoms with Crippen LogP contribution >= 0.6 is 0 Å². The Bertz CT molecular complexity index is 945. The van der Waals surface area contributed by atoms with E-state index < -0.39 is 7.12 Å². The van der Waals surface area contributed by atoms with Crippen LogP contribution in [-0.4, -0.2) is 30.0 Å². The van der Waals surface area contributed by atoms with Crippen LogP contribution in [0.4, 0.5) is 0 Å². The van der Waals surface area contributed by atoms with E-state index in [1.807, 2.05) is 12.1 Å². The predicted molar refractivity (Wildman–Crippen MR) is 106 cm³/mol. The van der Waals surface area contributed by atoms with E-state index in [1.165, 1.54) is 5.39 Å². The van der Waals surface area contributed by atoms with E-state index >= 15 is 0 Å². The molecule has 134 valence electrons.